The minimum absolute atomic E-state index is 0.0614. The van der Waals surface area contributed by atoms with Crippen LogP contribution >= 0.6 is 0 Å². The molecular weight excluding hydrogens is 276 g/mol. The SMILES string of the molecule is N#Cc1cc(F)c(NCCOc2ccc(N)cc2)c(F)c1. The zero-order valence-electron chi connectivity index (χ0n) is 11.1. The van der Waals surface area contributed by atoms with Crippen molar-refractivity contribution < 1.29 is 13.5 Å². The smallest absolute Gasteiger partial charge is 0.150 e. The van der Waals surface area contributed by atoms with E-state index < -0.39 is 11.6 Å². The summed E-state index contributed by atoms with van der Waals surface area (Å²) in [5, 5.41) is 11.2. The van der Waals surface area contributed by atoms with E-state index in [1.807, 2.05) is 0 Å². The number of ether oxygens (including phenoxy) is 1. The summed E-state index contributed by atoms with van der Waals surface area (Å²) in [4.78, 5) is 0. The van der Waals surface area contributed by atoms with E-state index in [1.165, 1.54) is 0 Å². The molecule has 0 fully saturated rings. The highest BCUT2D eigenvalue weighted by atomic mass is 19.1. The lowest BCUT2D eigenvalue weighted by atomic mass is 10.2. The molecule has 0 bridgehead atoms. The molecule has 0 aromatic heterocycles. The molecule has 0 aliphatic carbocycles. The predicted molar refractivity (Wildman–Crippen MR) is 75.9 cm³/mol. The first-order valence-corrected chi connectivity index (χ1v) is 6.21. The van der Waals surface area contributed by atoms with Crippen LogP contribution in [0.25, 0.3) is 0 Å². The number of nitrogens with zero attached hydrogens (tertiary/aromatic N) is 1. The highest BCUT2D eigenvalue weighted by Crippen LogP contribution is 2.20. The number of benzene rings is 2. The predicted octanol–water partition coefficient (Wildman–Crippen LogP) is 2.91. The van der Waals surface area contributed by atoms with E-state index in [1.54, 1.807) is 30.3 Å². The standard InChI is InChI=1S/C15H13F2N3O/c16-13-7-10(9-18)8-14(17)15(13)20-5-6-21-12-3-1-11(19)2-4-12/h1-4,7-8,20H,5-6,19H2. The van der Waals surface area contributed by atoms with Gasteiger partial charge in [0.2, 0.25) is 0 Å². The van der Waals surface area contributed by atoms with Gasteiger partial charge in [0.05, 0.1) is 11.6 Å². The fourth-order valence-corrected chi connectivity index (χ4v) is 1.72. The van der Waals surface area contributed by atoms with Crippen molar-refractivity contribution in [3.63, 3.8) is 0 Å². The van der Waals surface area contributed by atoms with Gasteiger partial charge < -0.3 is 15.8 Å². The van der Waals surface area contributed by atoms with Crippen molar-refractivity contribution in [1.29, 1.82) is 5.26 Å². The van der Waals surface area contributed by atoms with Crippen LogP contribution in [-0.4, -0.2) is 13.2 Å². The first kappa shape index (κ1) is 14.6. The van der Waals surface area contributed by atoms with E-state index in [9.17, 15) is 8.78 Å². The maximum absolute atomic E-state index is 13.6. The Hall–Kier alpha value is -2.81. The Bertz CT molecular complexity index is 643. The quantitative estimate of drug-likeness (QED) is 0.656. The van der Waals surface area contributed by atoms with Crippen LogP contribution in [0.2, 0.25) is 0 Å². The number of nitrogens with one attached hydrogen (secondary N) is 1. The van der Waals surface area contributed by atoms with E-state index in [0.29, 0.717) is 11.4 Å². The number of nitrogen functional groups attached to an aromatic ring is 1. The van der Waals surface area contributed by atoms with Gasteiger partial charge in [-0.3, -0.25) is 0 Å². The van der Waals surface area contributed by atoms with E-state index in [2.05, 4.69) is 5.32 Å². The molecule has 0 saturated carbocycles. The summed E-state index contributed by atoms with van der Waals surface area (Å²) in [5.74, 6) is -0.996. The molecule has 108 valence electrons. The zero-order valence-corrected chi connectivity index (χ0v) is 11.1. The molecule has 2 aromatic rings. The van der Waals surface area contributed by atoms with Crippen molar-refractivity contribution in [3.05, 3.63) is 53.6 Å². The van der Waals surface area contributed by atoms with Gasteiger partial charge in [0.25, 0.3) is 0 Å². The molecule has 21 heavy (non-hydrogen) atoms. The molecule has 2 aromatic carbocycles. The van der Waals surface area contributed by atoms with Crippen molar-refractivity contribution in [2.75, 3.05) is 24.2 Å². The highest BCUT2D eigenvalue weighted by Gasteiger charge is 2.10. The lowest BCUT2D eigenvalue weighted by molar-refractivity contribution is 0.332. The maximum Gasteiger partial charge on any atom is 0.150 e. The summed E-state index contributed by atoms with van der Waals surface area (Å²) in [6.45, 7) is 0.437. The van der Waals surface area contributed by atoms with Crippen LogP contribution < -0.4 is 15.8 Å². The minimum Gasteiger partial charge on any atom is -0.492 e. The maximum atomic E-state index is 13.6. The van der Waals surface area contributed by atoms with Crippen LogP contribution in [-0.2, 0) is 0 Å². The van der Waals surface area contributed by atoms with Crippen LogP contribution in [0.3, 0.4) is 0 Å². The van der Waals surface area contributed by atoms with Crippen LogP contribution in [0.1, 0.15) is 5.56 Å². The fourth-order valence-electron chi connectivity index (χ4n) is 1.72. The summed E-state index contributed by atoms with van der Waals surface area (Å²) in [5.41, 5.74) is 5.84. The molecule has 6 heteroatoms. The van der Waals surface area contributed by atoms with Gasteiger partial charge in [0.1, 0.15) is 18.0 Å². The molecule has 0 aliphatic heterocycles. The Kier molecular flexibility index (Phi) is 4.57. The van der Waals surface area contributed by atoms with Gasteiger partial charge in [-0.25, -0.2) is 8.78 Å². The third-order valence-corrected chi connectivity index (χ3v) is 2.72. The summed E-state index contributed by atoms with van der Waals surface area (Å²) in [7, 11) is 0. The first-order valence-electron chi connectivity index (χ1n) is 6.21. The lowest BCUT2D eigenvalue weighted by Crippen LogP contribution is -2.13. The fraction of sp³-hybridized carbons (Fsp3) is 0.133. The number of rotatable bonds is 5. The van der Waals surface area contributed by atoms with E-state index in [0.717, 1.165) is 12.1 Å². The third kappa shape index (κ3) is 3.83. The molecule has 0 heterocycles. The second kappa shape index (κ2) is 6.57. The normalized spacial score (nSPS) is 9.95. The molecule has 0 amide bonds. The number of hydrogen-bond acceptors (Lipinski definition) is 4. The Labute approximate surface area is 120 Å². The number of anilines is 2. The topological polar surface area (TPSA) is 71.1 Å². The minimum atomic E-state index is -0.806. The monoisotopic (exact) mass is 289 g/mol. The van der Waals surface area contributed by atoms with Crippen LogP contribution in [0.15, 0.2) is 36.4 Å². The summed E-state index contributed by atoms with van der Waals surface area (Å²) < 4.78 is 32.6. The first-order chi connectivity index (χ1) is 10.1. The van der Waals surface area contributed by atoms with Crippen LogP contribution in [0, 0.1) is 23.0 Å². The Balaban J connectivity index is 1.89. The number of hydrogen-bond donors (Lipinski definition) is 2. The molecule has 0 saturated heterocycles. The van der Waals surface area contributed by atoms with E-state index in [-0.39, 0.29) is 24.4 Å². The molecular formula is C15H13F2N3O. The summed E-state index contributed by atoms with van der Waals surface area (Å²) in [6.07, 6.45) is 0. The van der Waals surface area contributed by atoms with Crippen molar-refractivity contribution in [3.8, 4) is 11.8 Å². The molecule has 3 N–H and O–H groups in total. The average Bonchev–Trinajstić information content (AvgIpc) is 2.47. The van der Waals surface area contributed by atoms with Crippen molar-refractivity contribution in [1.82, 2.24) is 0 Å². The Morgan fingerprint density at radius 2 is 1.76 bits per heavy atom. The number of nitriles is 1. The van der Waals surface area contributed by atoms with Gasteiger partial charge >= 0.3 is 0 Å². The van der Waals surface area contributed by atoms with Gasteiger partial charge in [-0.1, -0.05) is 0 Å². The average molecular weight is 289 g/mol. The second-order valence-electron chi connectivity index (χ2n) is 4.27. The van der Waals surface area contributed by atoms with Crippen LogP contribution in [0.4, 0.5) is 20.2 Å². The Morgan fingerprint density at radius 3 is 2.33 bits per heavy atom. The summed E-state index contributed by atoms with van der Waals surface area (Å²) in [6, 6.07) is 10.5. The Morgan fingerprint density at radius 1 is 1.14 bits per heavy atom. The van der Waals surface area contributed by atoms with Crippen molar-refractivity contribution in [2.24, 2.45) is 0 Å². The molecule has 4 nitrogen and oxygen atoms in total. The van der Waals surface area contributed by atoms with E-state index in [4.69, 9.17) is 15.7 Å². The van der Waals surface area contributed by atoms with Gasteiger partial charge in [0.15, 0.2) is 11.6 Å². The molecule has 2 rings (SSSR count). The van der Waals surface area contributed by atoms with Gasteiger partial charge in [-0.15, -0.1) is 0 Å². The van der Waals surface area contributed by atoms with Gasteiger partial charge in [-0.05, 0) is 36.4 Å². The van der Waals surface area contributed by atoms with Gasteiger partial charge in [0, 0.05) is 12.2 Å². The molecule has 0 spiro atoms. The van der Waals surface area contributed by atoms with E-state index >= 15 is 0 Å². The lowest BCUT2D eigenvalue weighted by Gasteiger charge is -2.10. The molecule has 0 unspecified atom stereocenters. The second-order valence-corrected chi connectivity index (χ2v) is 4.27. The highest BCUT2D eigenvalue weighted by molar-refractivity contribution is 5.50. The largest absolute Gasteiger partial charge is 0.492 e. The van der Waals surface area contributed by atoms with Crippen molar-refractivity contribution >= 4 is 11.4 Å². The van der Waals surface area contributed by atoms with Gasteiger partial charge in [-0.2, -0.15) is 5.26 Å². The summed E-state index contributed by atoms with van der Waals surface area (Å²) >= 11 is 0. The third-order valence-electron chi connectivity index (χ3n) is 2.72. The number of nitrogens with two attached hydrogens (primary N) is 1. The molecule has 0 atom stereocenters. The zero-order chi connectivity index (χ0) is 15.2. The molecule has 0 aliphatic rings. The molecule has 0 radical (unpaired) electrons. The number of halogens is 2. The van der Waals surface area contributed by atoms with Crippen molar-refractivity contribution in [2.45, 2.75) is 0 Å². The van der Waals surface area contributed by atoms with Crippen LogP contribution in [0.5, 0.6) is 5.75 Å².